The van der Waals surface area contributed by atoms with Gasteiger partial charge in [-0.25, -0.2) is 0 Å². The van der Waals surface area contributed by atoms with Gasteiger partial charge in [-0.3, -0.25) is 4.79 Å². The van der Waals surface area contributed by atoms with Gasteiger partial charge in [-0.1, -0.05) is 0 Å². The van der Waals surface area contributed by atoms with E-state index in [4.69, 9.17) is 4.74 Å². The second-order valence-electron chi connectivity index (χ2n) is 4.74. The molecular formula is C11H15F3N4O2. The molecule has 0 aromatic carbocycles. The van der Waals surface area contributed by atoms with E-state index in [0.29, 0.717) is 19.3 Å². The molecule has 1 fully saturated rings. The Hall–Kier alpha value is -1.64. The lowest BCUT2D eigenvalue weighted by atomic mass is 9.92. The van der Waals surface area contributed by atoms with Gasteiger partial charge in [0, 0.05) is 6.04 Å². The Kier molecular flexibility index (Phi) is 4.58. The van der Waals surface area contributed by atoms with Gasteiger partial charge in [0.15, 0.2) is 5.69 Å². The third kappa shape index (κ3) is 4.48. The van der Waals surface area contributed by atoms with E-state index in [9.17, 15) is 18.0 Å². The quantitative estimate of drug-likeness (QED) is 0.879. The second kappa shape index (κ2) is 6.21. The molecule has 1 aromatic rings. The fourth-order valence-electron chi connectivity index (χ4n) is 2.21. The van der Waals surface area contributed by atoms with E-state index in [-0.39, 0.29) is 17.6 Å². The lowest BCUT2D eigenvalue weighted by Gasteiger charge is -2.29. The van der Waals surface area contributed by atoms with Crippen LogP contribution < -0.4 is 5.32 Å². The van der Waals surface area contributed by atoms with Crippen LogP contribution in [0.4, 0.5) is 13.2 Å². The van der Waals surface area contributed by atoms with E-state index in [0.717, 1.165) is 6.42 Å². The number of carbonyl (C=O) groups excluding carboxylic acids is 1. The number of amides is 1. The summed E-state index contributed by atoms with van der Waals surface area (Å²) in [6.45, 7) is -1.25. The topological polar surface area (TPSA) is 79.9 Å². The number of halogens is 3. The summed E-state index contributed by atoms with van der Waals surface area (Å²) in [6, 6.07) is -0.203. The van der Waals surface area contributed by atoms with Gasteiger partial charge in [0.25, 0.3) is 5.91 Å². The van der Waals surface area contributed by atoms with Crippen molar-refractivity contribution in [2.24, 2.45) is 0 Å². The maximum absolute atomic E-state index is 12.1. The number of alkyl halides is 3. The molecular weight excluding hydrogens is 277 g/mol. The predicted molar refractivity (Wildman–Crippen MR) is 61.9 cm³/mol. The third-order valence-electron chi connectivity index (χ3n) is 3.09. The van der Waals surface area contributed by atoms with E-state index < -0.39 is 18.9 Å². The lowest BCUT2D eigenvalue weighted by Crippen LogP contribution is -2.41. The van der Waals surface area contributed by atoms with Crippen molar-refractivity contribution in [3.8, 4) is 0 Å². The summed E-state index contributed by atoms with van der Waals surface area (Å²) in [6.07, 6.45) is -1.13. The van der Waals surface area contributed by atoms with E-state index in [1.165, 1.54) is 6.20 Å². The SMILES string of the molecule is O=C(NC1CCCC(OCC(F)(F)F)C1)c1cn[nH]n1. The molecule has 9 heteroatoms. The Morgan fingerprint density at radius 2 is 2.30 bits per heavy atom. The van der Waals surface area contributed by atoms with Crippen molar-refractivity contribution >= 4 is 5.91 Å². The highest BCUT2D eigenvalue weighted by molar-refractivity contribution is 5.91. The maximum atomic E-state index is 12.1. The standard InChI is InChI=1S/C11H15F3N4O2/c12-11(13,14)6-20-8-3-1-2-7(4-8)16-10(19)9-5-15-18-17-9/h5,7-8H,1-4,6H2,(H,16,19)(H,15,17,18). The molecule has 6 nitrogen and oxygen atoms in total. The largest absolute Gasteiger partial charge is 0.411 e. The number of hydrogen-bond donors (Lipinski definition) is 2. The Morgan fingerprint density at radius 3 is 2.95 bits per heavy atom. The summed E-state index contributed by atoms with van der Waals surface area (Å²) in [5.41, 5.74) is 0.156. The van der Waals surface area contributed by atoms with Crippen molar-refractivity contribution in [1.29, 1.82) is 0 Å². The minimum absolute atomic E-state index is 0.156. The summed E-state index contributed by atoms with van der Waals surface area (Å²) < 4.78 is 41.1. The summed E-state index contributed by atoms with van der Waals surface area (Å²) in [7, 11) is 0. The molecule has 0 radical (unpaired) electrons. The Labute approximate surface area is 113 Å². The van der Waals surface area contributed by atoms with Crippen LogP contribution in [0.15, 0.2) is 6.20 Å². The molecule has 0 bridgehead atoms. The van der Waals surface area contributed by atoms with Crippen molar-refractivity contribution in [2.45, 2.75) is 44.0 Å². The number of ether oxygens (including phenoxy) is 1. The molecule has 112 valence electrons. The minimum Gasteiger partial charge on any atom is -0.369 e. The maximum Gasteiger partial charge on any atom is 0.411 e. The number of hydrogen-bond acceptors (Lipinski definition) is 4. The minimum atomic E-state index is -4.32. The first-order valence-corrected chi connectivity index (χ1v) is 6.29. The molecule has 1 amide bonds. The number of nitrogens with one attached hydrogen (secondary N) is 2. The Balaban J connectivity index is 1.80. The number of nitrogens with zero attached hydrogens (tertiary/aromatic N) is 2. The summed E-state index contributed by atoms with van der Waals surface area (Å²) in [4.78, 5) is 11.7. The third-order valence-corrected chi connectivity index (χ3v) is 3.09. The predicted octanol–water partition coefficient (Wildman–Crippen LogP) is 1.42. The summed E-state index contributed by atoms with van der Waals surface area (Å²) in [5, 5.41) is 12.2. The zero-order valence-corrected chi connectivity index (χ0v) is 10.6. The monoisotopic (exact) mass is 292 g/mol. The van der Waals surface area contributed by atoms with Crippen LogP contribution in [0.1, 0.15) is 36.2 Å². The molecule has 2 atom stereocenters. The molecule has 2 N–H and O–H groups in total. The van der Waals surface area contributed by atoms with Crippen molar-refractivity contribution in [2.75, 3.05) is 6.61 Å². The van der Waals surface area contributed by atoms with E-state index in [2.05, 4.69) is 20.7 Å². The first kappa shape index (κ1) is 14.8. The van der Waals surface area contributed by atoms with Crippen LogP contribution in [0.25, 0.3) is 0 Å². The van der Waals surface area contributed by atoms with Crippen LogP contribution in [-0.4, -0.2) is 46.2 Å². The van der Waals surface area contributed by atoms with Crippen LogP contribution >= 0.6 is 0 Å². The average Bonchev–Trinajstić information content (AvgIpc) is 2.90. The van der Waals surface area contributed by atoms with Crippen LogP contribution in [0.3, 0.4) is 0 Å². The van der Waals surface area contributed by atoms with Crippen molar-refractivity contribution in [3.63, 3.8) is 0 Å². The van der Waals surface area contributed by atoms with Crippen molar-refractivity contribution < 1.29 is 22.7 Å². The summed E-state index contributed by atoms with van der Waals surface area (Å²) in [5.74, 6) is -0.389. The van der Waals surface area contributed by atoms with Crippen molar-refractivity contribution in [3.05, 3.63) is 11.9 Å². The first-order valence-electron chi connectivity index (χ1n) is 6.29. The highest BCUT2D eigenvalue weighted by Gasteiger charge is 2.31. The van der Waals surface area contributed by atoms with Crippen LogP contribution in [0.2, 0.25) is 0 Å². The van der Waals surface area contributed by atoms with Crippen LogP contribution in [-0.2, 0) is 4.74 Å². The van der Waals surface area contributed by atoms with Gasteiger partial charge in [-0.2, -0.15) is 28.6 Å². The van der Waals surface area contributed by atoms with Gasteiger partial charge in [0.1, 0.15) is 6.61 Å². The number of rotatable bonds is 4. The van der Waals surface area contributed by atoms with Crippen LogP contribution in [0, 0.1) is 0 Å². The molecule has 1 saturated carbocycles. The molecule has 0 aliphatic heterocycles. The second-order valence-corrected chi connectivity index (χ2v) is 4.74. The zero-order valence-electron chi connectivity index (χ0n) is 10.6. The molecule has 1 heterocycles. The van der Waals surface area contributed by atoms with Gasteiger partial charge < -0.3 is 10.1 Å². The first-order chi connectivity index (χ1) is 9.44. The van der Waals surface area contributed by atoms with Gasteiger partial charge in [0.2, 0.25) is 0 Å². The number of carbonyl (C=O) groups is 1. The van der Waals surface area contributed by atoms with Gasteiger partial charge in [-0.15, -0.1) is 0 Å². The molecule has 1 aliphatic carbocycles. The van der Waals surface area contributed by atoms with E-state index in [1.54, 1.807) is 0 Å². The van der Waals surface area contributed by atoms with Crippen LogP contribution in [0.5, 0.6) is 0 Å². The highest BCUT2D eigenvalue weighted by Crippen LogP contribution is 2.24. The van der Waals surface area contributed by atoms with Crippen molar-refractivity contribution in [1.82, 2.24) is 20.7 Å². The van der Waals surface area contributed by atoms with E-state index in [1.807, 2.05) is 0 Å². The number of aromatic nitrogens is 3. The molecule has 1 aliphatic rings. The summed E-state index contributed by atoms with van der Waals surface area (Å²) >= 11 is 0. The number of aromatic amines is 1. The zero-order chi connectivity index (χ0) is 14.6. The molecule has 0 saturated heterocycles. The molecule has 0 spiro atoms. The van der Waals surface area contributed by atoms with Gasteiger partial charge in [-0.05, 0) is 25.7 Å². The van der Waals surface area contributed by atoms with E-state index >= 15 is 0 Å². The Morgan fingerprint density at radius 1 is 1.50 bits per heavy atom. The smallest absolute Gasteiger partial charge is 0.369 e. The van der Waals surface area contributed by atoms with Gasteiger partial charge >= 0.3 is 6.18 Å². The van der Waals surface area contributed by atoms with Gasteiger partial charge in [0.05, 0.1) is 12.3 Å². The molecule has 2 unspecified atom stereocenters. The molecule has 2 rings (SSSR count). The number of H-pyrrole nitrogens is 1. The normalized spacial score (nSPS) is 23.6. The molecule has 20 heavy (non-hydrogen) atoms. The molecule has 1 aromatic heterocycles. The fourth-order valence-corrected chi connectivity index (χ4v) is 2.21. The highest BCUT2D eigenvalue weighted by atomic mass is 19.4. The fraction of sp³-hybridized carbons (Fsp3) is 0.727. The lowest BCUT2D eigenvalue weighted by molar-refractivity contribution is -0.188. The Bertz CT molecular complexity index is 435. The average molecular weight is 292 g/mol.